The highest BCUT2D eigenvalue weighted by Gasteiger charge is 2.24. The van der Waals surface area contributed by atoms with E-state index < -0.39 is 0 Å². The number of nitrogens with one attached hydrogen (secondary N) is 1. The molecule has 0 bridgehead atoms. The Bertz CT molecular complexity index is 930. The molecule has 0 aromatic heterocycles. The van der Waals surface area contributed by atoms with Crippen LogP contribution in [-0.2, 0) is 16.0 Å². The van der Waals surface area contributed by atoms with E-state index >= 15 is 0 Å². The second kappa shape index (κ2) is 9.68. The maximum absolute atomic E-state index is 12.5. The Hall–Kier alpha value is -2.69. The van der Waals surface area contributed by atoms with Gasteiger partial charge in [0.25, 0.3) is 0 Å². The van der Waals surface area contributed by atoms with Gasteiger partial charge in [0, 0.05) is 26.1 Å². The Labute approximate surface area is 172 Å². The molecule has 1 unspecified atom stereocenters. The van der Waals surface area contributed by atoms with Crippen LogP contribution < -0.4 is 5.32 Å². The Balaban J connectivity index is 1.48. The van der Waals surface area contributed by atoms with Crippen molar-refractivity contribution in [3.63, 3.8) is 0 Å². The molecule has 1 aliphatic rings. The van der Waals surface area contributed by atoms with Gasteiger partial charge in [-0.15, -0.1) is 0 Å². The number of benzene rings is 3. The number of nitrogens with zero attached hydrogens (tertiary/aromatic N) is 1. The fourth-order valence-electron chi connectivity index (χ4n) is 4.07. The maximum atomic E-state index is 12.5. The van der Waals surface area contributed by atoms with Crippen LogP contribution >= 0.6 is 0 Å². The summed E-state index contributed by atoms with van der Waals surface area (Å²) in [5, 5.41) is 5.68. The molecular weight excluding hydrogens is 360 g/mol. The molecule has 1 saturated heterocycles. The van der Waals surface area contributed by atoms with Crippen molar-refractivity contribution in [1.29, 1.82) is 0 Å². The number of morpholine rings is 1. The van der Waals surface area contributed by atoms with E-state index in [1.165, 1.54) is 21.9 Å². The Kier molecular flexibility index (Phi) is 6.55. The predicted molar refractivity (Wildman–Crippen MR) is 117 cm³/mol. The second-order valence-electron chi connectivity index (χ2n) is 7.52. The van der Waals surface area contributed by atoms with E-state index in [1.54, 1.807) is 0 Å². The lowest BCUT2D eigenvalue weighted by Gasteiger charge is -2.35. The summed E-state index contributed by atoms with van der Waals surface area (Å²) in [5.74, 6) is 0.104. The first kappa shape index (κ1) is 19.6. The molecule has 4 heteroatoms. The molecule has 150 valence electrons. The predicted octanol–water partition coefficient (Wildman–Crippen LogP) is 3.96. The van der Waals surface area contributed by atoms with Crippen LogP contribution in [0.15, 0.2) is 72.8 Å². The molecule has 1 fully saturated rings. The number of hydrogen-bond acceptors (Lipinski definition) is 3. The number of ether oxygens (including phenoxy) is 1. The van der Waals surface area contributed by atoms with E-state index in [-0.39, 0.29) is 11.9 Å². The first-order valence-electron chi connectivity index (χ1n) is 10.4. The number of rotatable bonds is 7. The summed E-state index contributed by atoms with van der Waals surface area (Å²) < 4.78 is 5.56. The molecular formula is C25H28N2O2. The van der Waals surface area contributed by atoms with Gasteiger partial charge in [-0.1, -0.05) is 72.8 Å². The van der Waals surface area contributed by atoms with E-state index in [1.807, 2.05) is 18.2 Å². The quantitative estimate of drug-likeness (QED) is 0.666. The van der Waals surface area contributed by atoms with Gasteiger partial charge < -0.3 is 10.1 Å². The maximum Gasteiger partial charge on any atom is 0.220 e. The van der Waals surface area contributed by atoms with E-state index in [0.717, 1.165) is 32.7 Å². The molecule has 1 aliphatic heterocycles. The monoisotopic (exact) mass is 388 g/mol. The van der Waals surface area contributed by atoms with Gasteiger partial charge in [-0.3, -0.25) is 9.69 Å². The van der Waals surface area contributed by atoms with Crippen LogP contribution in [0, 0.1) is 0 Å². The summed E-state index contributed by atoms with van der Waals surface area (Å²) in [6.07, 6.45) is 1.28. The lowest BCUT2D eigenvalue weighted by molar-refractivity contribution is -0.121. The third-order valence-electron chi connectivity index (χ3n) is 5.64. The molecule has 0 radical (unpaired) electrons. The zero-order valence-corrected chi connectivity index (χ0v) is 16.7. The second-order valence-corrected chi connectivity index (χ2v) is 7.52. The number of aryl methyl sites for hydroxylation is 1. The molecule has 1 amide bonds. The number of hydrogen-bond donors (Lipinski definition) is 1. The van der Waals surface area contributed by atoms with Gasteiger partial charge in [-0.25, -0.2) is 0 Å². The van der Waals surface area contributed by atoms with Crippen molar-refractivity contribution in [3.05, 3.63) is 83.9 Å². The smallest absolute Gasteiger partial charge is 0.220 e. The number of amides is 1. The van der Waals surface area contributed by atoms with Crippen LogP contribution in [0.3, 0.4) is 0 Å². The van der Waals surface area contributed by atoms with Crippen molar-refractivity contribution < 1.29 is 9.53 Å². The van der Waals surface area contributed by atoms with Gasteiger partial charge in [-0.05, 0) is 28.3 Å². The molecule has 0 spiro atoms. The van der Waals surface area contributed by atoms with Crippen molar-refractivity contribution in [2.24, 2.45) is 0 Å². The Morgan fingerprint density at radius 2 is 1.66 bits per heavy atom. The van der Waals surface area contributed by atoms with Crippen LogP contribution in [0.4, 0.5) is 0 Å². The topological polar surface area (TPSA) is 41.6 Å². The van der Waals surface area contributed by atoms with Crippen molar-refractivity contribution in [2.45, 2.75) is 18.9 Å². The average Bonchev–Trinajstić information content (AvgIpc) is 2.79. The van der Waals surface area contributed by atoms with Crippen molar-refractivity contribution >= 4 is 16.7 Å². The van der Waals surface area contributed by atoms with E-state index in [0.29, 0.717) is 13.0 Å². The highest BCUT2D eigenvalue weighted by Crippen LogP contribution is 2.28. The van der Waals surface area contributed by atoms with Crippen molar-refractivity contribution in [1.82, 2.24) is 10.2 Å². The third-order valence-corrected chi connectivity index (χ3v) is 5.64. The van der Waals surface area contributed by atoms with Crippen LogP contribution in [0.5, 0.6) is 0 Å². The third kappa shape index (κ3) is 5.03. The normalized spacial score (nSPS) is 15.9. The lowest BCUT2D eigenvalue weighted by atomic mass is 9.97. The number of carbonyl (C=O) groups is 1. The highest BCUT2D eigenvalue weighted by atomic mass is 16.5. The van der Waals surface area contributed by atoms with Crippen LogP contribution in [0.2, 0.25) is 0 Å². The molecule has 0 aliphatic carbocycles. The van der Waals surface area contributed by atoms with E-state index in [4.69, 9.17) is 4.74 Å². The van der Waals surface area contributed by atoms with Crippen molar-refractivity contribution in [2.75, 3.05) is 32.8 Å². The van der Waals surface area contributed by atoms with E-state index in [2.05, 4.69) is 64.8 Å². The largest absolute Gasteiger partial charge is 0.379 e. The fourth-order valence-corrected chi connectivity index (χ4v) is 4.07. The number of fused-ring (bicyclic) bond motifs is 1. The average molecular weight is 389 g/mol. The molecule has 4 rings (SSSR count). The molecule has 0 saturated carbocycles. The molecule has 29 heavy (non-hydrogen) atoms. The van der Waals surface area contributed by atoms with Crippen LogP contribution in [-0.4, -0.2) is 43.7 Å². The number of carbonyl (C=O) groups excluding carboxylic acids is 1. The molecule has 1 atom stereocenters. The van der Waals surface area contributed by atoms with Gasteiger partial charge in [-0.2, -0.15) is 0 Å². The zero-order valence-electron chi connectivity index (χ0n) is 16.7. The summed E-state index contributed by atoms with van der Waals surface area (Å²) in [4.78, 5) is 15.0. The van der Waals surface area contributed by atoms with Gasteiger partial charge in [0.05, 0.1) is 19.3 Å². The molecule has 3 aromatic rings. The van der Waals surface area contributed by atoms with Crippen LogP contribution in [0.1, 0.15) is 23.6 Å². The SMILES string of the molecule is O=C(CCc1ccccc1)NCC(c1cccc2ccccc12)N1CCOCC1. The summed E-state index contributed by atoms with van der Waals surface area (Å²) in [6, 6.07) is 25.2. The highest BCUT2D eigenvalue weighted by molar-refractivity contribution is 5.86. The lowest BCUT2D eigenvalue weighted by Crippen LogP contribution is -2.44. The Morgan fingerprint density at radius 1 is 0.931 bits per heavy atom. The minimum Gasteiger partial charge on any atom is -0.379 e. The molecule has 1 heterocycles. The standard InChI is InChI=1S/C25H28N2O2/c28-25(14-13-20-7-2-1-3-8-20)26-19-24(27-15-17-29-18-16-27)23-12-6-10-21-9-4-5-11-22(21)23/h1-12,24H,13-19H2,(H,26,28). The van der Waals surface area contributed by atoms with Crippen molar-refractivity contribution in [3.8, 4) is 0 Å². The summed E-state index contributed by atoms with van der Waals surface area (Å²) in [7, 11) is 0. The van der Waals surface area contributed by atoms with Gasteiger partial charge in [0.1, 0.15) is 0 Å². The first-order chi connectivity index (χ1) is 14.3. The molecule has 4 nitrogen and oxygen atoms in total. The van der Waals surface area contributed by atoms with E-state index in [9.17, 15) is 4.79 Å². The molecule has 3 aromatic carbocycles. The minimum atomic E-state index is 0.104. The molecule has 1 N–H and O–H groups in total. The van der Waals surface area contributed by atoms with Gasteiger partial charge >= 0.3 is 0 Å². The van der Waals surface area contributed by atoms with Gasteiger partial charge in [0.2, 0.25) is 5.91 Å². The first-order valence-corrected chi connectivity index (χ1v) is 10.4. The summed E-state index contributed by atoms with van der Waals surface area (Å²) in [5.41, 5.74) is 2.47. The zero-order chi connectivity index (χ0) is 19.9. The Morgan fingerprint density at radius 3 is 2.48 bits per heavy atom. The van der Waals surface area contributed by atoms with Gasteiger partial charge in [0.15, 0.2) is 0 Å². The summed E-state index contributed by atoms with van der Waals surface area (Å²) in [6.45, 7) is 3.86. The minimum absolute atomic E-state index is 0.104. The fraction of sp³-hybridized carbons (Fsp3) is 0.320. The summed E-state index contributed by atoms with van der Waals surface area (Å²) >= 11 is 0. The van der Waals surface area contributed by atoms with Crippen LogP contribution in [0.25, 0.3) is 10.8 Å².